The molecule has 0 aromatic carbocycles. The Kier molecular flexibility index (Phi) is 9.39. The molecule has 140 valence electrons. The molecule has 0 heterocycles. The molecule has 0 spiro atoms. The third kappa shape index (κ3) is 9.11. The van der Waals surface area contributed by atoms with Gasteiger partial charge in [0, 0.05) is 0 Å². The average molecular weight is 329 g/mol. The van der Waals surface area contributed by atoms with Gasteiger partial charge in [0.1, 0.15) is 5.67 Å². The second-order valence-electron chi connectivity index (χ2n) is 9.98. The largest absolute Gasteiger partial charge is 0.245 e. The van der Waals surface area contributed by atoms with E-state index in [9.17, 15) is 4.39 Å². The van der Waals surface area contributed by atoms with E-state index in [1.807, 2.05) is 0 Å². The summed E-state index contributed by atoms with van der Waals surface area (Å²) in [6.07, 6.45) is 9.39. The normalized spacial score (nSPS) is 16.4. The Bertz CT molecular complexity index is 308. The van der Waals surface area contributed by atoms with Crippen molar-refractivity contribution < 1.29 is 4.39 Å². The van der Waals surface area contributed by atoms with Gasteiger partial charge in [-0.15, -0.1) is 0 Å². The predicted molar refractivity (Wildman–Crippen MR) is 104 cm³/mol. The van der Waals surface area contributed by atoms with Crippen LogP contribution in [0.2, 0.25) is 0 Å². The molecule has 0 aromatic heterocycles. The summed E-state index contributed by atoms with van der Waals surface area (Å²) in [7, 11) is 0. The van der Waals surface area contributed by atoms with Crippen LogP contribution in [0.15, 0.2) is 0 Å². The summed E-state index contributed by atoms with van der Waals surface area (Å²) in [4.78, 5) is 0. The van der Waals surface area contributed by atoms with E-state index < -0.39 is 5.67 Å². The molecule has 0 amide bonds. The summed E-state index contributed by atoms with van der Waals surface area (Å²) >= 11 is 0. The predicted octanol–water partition coefficient (Wildman–Crippen LogP) is 8.20. The maximum absolute atomic E-state index is 13.7. The van der Waals surface area contributed by atoms with E-state index in [0.717, 1.165) is 24.7 Å². The first-order valence-corrected chi connectivity index (χ1v) is 10.0. The van der Waals surface area contributed by atoms with Gasteiger partial charge in [-0.25, -0.2) is 4.39 Å². The van der Waals surface area contributed by atoms with Gasteiger partial charge in [0.2, 0.25) is 0 Å². The zero-order valence-electron chi connectivity index (χ0n) is 17.7. The third-order valence-electron chi connectivity index (χ3n) is 6.58. The van der Waals surface area contributed by atoms with Gasteiger partial charge in [-0.2, -0.15) is 0 Å². The fourth-order valence-electron chi connectivity index (χ4n) is 3.52. The van der Waals surface area contributed by atoms with Gasteiger partial charge in [-0.05, 0) is 62.2 Å². The number of halogens is 1. The maximum Gasteiger partial charge on any atom is 0.105 e. The Hall–Kier alpha value is -0.0700. The molecule has 0 aromatic rings. The highest BCUT2D eigenvalue weighted by Gasteiger charge is 2.36. The fraction of sp³-hybridized carbons (Fsp3) is 1.00. The van der Waals surface area contributed by atoms with Gasteiger partial charge in [-0.1, -0.05) is 74.1 Å². The highest BCUT2D eigenvalue weighted by Crippen LogP contribution is 2.46. The van der Waals surface area contributed by atoms with Crippen molar-refractivity contribution in [3.8, 4) is 0 Å². The molecule has 23 heavy (non-hydrogen) atoms. The molecule has 1 heteroatoms. The van der Waals surface area contributed by atoms with Gasteiger partial charge in [0.05, 0.1) is 0 Å². The van der Waals surface area contributed by atoms with Crippen LogP contribution in [0.25, 0.3) is 0 Å². The molecule has 0 radical (unpaired) electrons. The van der Waals surface area contributed by atoms with Crippen molar-refractivity contribution in [1.82, 2.24) is 0 Å². The highest BCUT2D eigenvalue weighted by atomic mass is 19.1. The van der Waals surface area contributed by atoms with Crippen LogP contribution in [-0.4, -0.2) is 5.67 Å². The first-order chi connectivity index (χ1) is 10.3. The minimum atomic E-state index is -1.02. The van der Waals surface area contributed by atoms with E-state index in [2.05, 4.69) is 48.5 Å². The summed E-state index contributed by atoms with van der Waals surface area (Å²) in [5, 5.41) is 0. The molecule has 0 bridgehead atoms. The SMILES string of the molecule is CCCC(C)C(C)CCCC(C)(C)C(C)(C)CCCC(C)(C)F. The van der Waals surface area contributed by atoms with Crippen molar-refractivity contribution in [3.63, 3.8) is 0 Å². The lowest BCUT2D eigenvalue weighted by atomic mass is 9.63. The van der Waals surface area contributed by atoms with Gasteiger partial charge >= 0.3 is 0 Å². The second-order valence-corrected chi connectivity index (χ2v) is 9.98. The van der Waals surface area contributed by atoms with Crippen LogP contribution in [-0.2, 0) is 0 Å². The molecule has 0 saturated heterocycles. The van der Waals surface area contributed by atoms with E-state index in [-0.39, 0.29) is 5.41 Å². The lowest BCUT2D eigenvalue weighted by Gasteiger charge is -2.43. The molecule has 0 N–H and O–H groups in total. The lowest BCUT2D eigenvalue weighted by molar-refractivity contribution is 0.0726. The zero-order chi connectivity index (χ0) is 18.3. The van der Waals surface area contributed by atoms with Crippen LogP contribution in [0, 0.1) is 22.7 Å². The van der Waals surface area contributed by atoms with Crippen molar-refractivity contribution in [1.29, 1.82) is 0 Å². The van der Waals surface area contributed by atoms with Crippen molar-refractivity contribution >= 4 is 0 Å². The molecule has 2 unspecified atom stereocenters. The summed E-state index contributed by atoms with van der Waals surface area (Å²) < 4.78 is 13.7. The van der Waals surface area contributed by atoms with Crippen LogP contribution in [0.5, 0.6) is 0 Å². The fourth-order valence-corrected chi connectivity index (χ4v) is 3.52. The number of hydrogen-bond donors (Lipinski definition) is 0. The molecule has 0 saturated carbocycles. The van der Waals surface area contributed by atoms with Crippen LogP contribution in [0.1, 0.15) is 114 Å². The van der Waals surface area contributed by atoms with Crippen LogP contribution in [0.3, 0.4) is 0 Å². The van der Waals surface area contributed by atoms with E-state index in [0.29, 0.717) is 11.8 Å². The first-order valence-electron chi connectivity index (χ1n) is 10.0. The maximum atomic E-state index is 13.7. The summed E-state index contributed by atoms with van der Waals surface area (Å²) in [6.45, 7) is 20.1. The molecule has 0 aliphatic carbocycles. The Balaban J connectivity index is 4.32. The monoisotopic (exact) mass is 328 g/mol. The van der Waals surface area contributed by atoms with Crippen molar-refractivity contribution in [2.45, 2.75) is 119 Å². The topological polar surface area (TPSA) is 0 Å². The number of alkyl halides is 1. The minimum Gasteiger partial charge on any atom is -0.245 e. The summed E-state index contributed by atoms with van der Waals surface area (Å²) in [5.41, 5.74) is -0.428. The highest BCUT2D eigenvalue weighted by molar-refractivity contribution is 4.86. The standard InChI is InChI=1S/C22H45F/c1-10-13-18(2)19(3)14-11-15-20(4,5)21(6,7)16-12-17-22(8,9)23/h18-19H,10-17H2,1-9H3. The number of hydrogen-bond acceptors (Lipinski definition) is 0. The Morgan fingerprint density at radius 2 is 1.13 bits per heavy atom. The van der Waals surface area contributed by atoms with E-state index in [4.69, 9.17) is 0 Å². The molecule has 0 fully saturated rings. The Labute approximate surface area is 147 Å². The Morgan fingerprint density at radius 3 is 1.57 bits per heavy atom. The van der Waals surface area contributed by atoms with Gasteiger partial charge in [-0.3, -0.25) is 0 Å². The third-order valence-corrected chi connectivity index (χ3v) is 6.58. The van der Waals surface area contributed by atoms with E-state index in [1.54, 1.807) is 13.8 Å². The van der Waals surface area contributed by atoms with Crippen LogP contribution < -0.4 is 0 Å². The molecular weight excluding hydrogens is 283 g/mol. The summed E-state index contributed by atoms with van der Waals surface area (Å²) in [5.74, 6) is 1.68. The van der Waals surface area contributed by atoms with Crippen LogP contribution >= 0.6 is 0 Å². The van der Waals surface area contributed by atoms with Gasteiger partial charge in [0.15, 0.2) is 0 Å². The van der Waals surface area contributed by atoms with E-state index in [1.165, 1.54) is 32.1 Å². The molecule has 2 atom stereocenters. The minimum absolute atomic E-state index is 0.274. The first kappa shape index (κ1) is 22.9. The molecule has 0 rings (SSSR count). The average Bonchev–Trinajstić information content (AvgIpc) is 2.36. The molecule has 0 nitrogen and oxygen atoms in total. The van der Waals surface area contributed by atoms with Gasteiger partial charge in [0.25, 0.3) is 0 Å². The molecule has 0 aliphatic heterocycles. The smallest absolute Gasteiger partial charge is 0.105 e. The van der Waals surface area contributed by atoms with Crippen molar-refractivity contribution in [2.75, 3.05) is 0 Å². The summed E-state index contributed by atoms with van der Waals surface area (Å²) in [6, 6.07) is 0. The second kappa shape index (κ2) is 9.42. The lowest BCUT2D eigenvalue weighted by Crippen LogP contribution is -2.33. The zero-order valence-corrected chi connectivity index (χ0v) is 17.7. The van der Waals surface area contributed by atoms with Crippen LogP contribution in [0.4, 0.5) is 4.39 Å². The van der Waals surface area contributed by atoms with Crippen molar-refractivity contribution in [2.24, 2.45) is 22.7 Å². The van der Waals surface area contributed by atoms with Crippen molar-refractivity contribution in [3.05, 3.63) is 0 Å². The molecular formula is C22H45F. The quantitative estimate of drug-likeness (QED) is 0.338. The van der Waals surface area contributed by atoms with E-state index >= 15 is 0 Å². The molecule has 0 aliphatic rings. The number of rotatable bonds is 12. The van der Waals surface area contributed by atoms with Gasteiger partial charge < -0.3 is 0 Å². The Morgan fingerprint density at radius 1 is 0.696 bits per heavy atom.